The van der Waals surface area contributed by atoms with Crippen molar-refractivity contribution in [1.29, 1.82) is 0 Å². The average molecular weight is 428 g/mol. The lowest BCUT2D eigenvalue weighted by Gasteiger charge is -2.44. The lowest BCUT2D eigenvalue weighted by atomic mass is 9.88. The van der Waals surface area contributed by atoms with Gasteiger partial charge in [-0.3, -0.25) is 14.7 Å². The maximum Gasteiger partial charge on any atom is 0.317 e. The van der Waals surface area contributed by atoms with Crippen molar-refractivity contribution in [3.05, 3.63) is 30.1 Å². The number of amides is 3. The van der Waals surface area contributed by atoms with Gasteiger partial charge in [-0.15, -0.1) is 0 Å². The highest BCUT2D eigenvalue weighted by Gasteiger charge is 2.39. The van der Waals surface area contributed by atoms with Gasteiger partial charge in [0.05, 0.1) is 5.92 Å². The number of fused-ring (bicyclic) bond motifs is 1. The number of carbonyl (C=O) groups is 2. The highest BCUT2D eigenvalue weighted by molar-refractivity contribution is 5.80. The lowest BCUT2D eigenvalue weighted by Crippen LogP contribution is -2.60. The molecule has 4 rings (SSSR count). The van der Waals surface area contributed by atoms with Crippen LogP contribution in [0.3, 0.4) is 0 Å². The minimum Gasteiger partial charge on any atom is -0.356 e. The third kappa shape index (κ3) is 5.97. The van der Waals surface area contributed by atoms with Crippen LogP contribution in [0.1, 0.15) is 63.4 Å². The fraction of sp³-hybridized carbons (Fsp3) is 0.708. The van der Waals surface area contributed by atoms with Crippen LogP contribution in [0.5, 0.6) is 0 Å². The molecule has 1 aromatic rings. The highest BCUT2D eigenvalue weighted by atomic mass is 16.2. The topological polar surface area (TPSA) is 77.6 Å². The molecule has 7 nitrogen and oxygen atoms in total. The van der Waals surface area contributed by atoms with Crippen molar-refractivity contribution >= 4 is 11.9 Å². The number of nitrogens with one attached hydrogen (secondary N) is 2. The summed E-state index contributed by atoms with van der Waals surface area (Å²) in [5.41, 5.74) is 1.16. The Morgan fingerprint density at radius 3 is 2.74 bits per heavy atom. The van der Waals surface area contributed by atoms with Crippen molar-refractivity contribution < 1.29 is 9.59 Å². The maximum atomic E-state index is 13.0. The fourth-order valence-corrected chi connectivity index (χ4v) is 5.35. The average Bonchev–Trinajstić information content (AvgIpc) is 2.81. The van der Waals surface area contributed by atoms with E-state index >= 15 is 0 Å². The first kappa shape index (κ1) is 22.1. The third-order valence-corrected chi connectivity index (χ3v) is 7.14. The number of hydrogen-bond acceptors (Lipinski definition) is 4. The number of urea groups is 1. The van der Waals surface area contributed by atoms with Crippen molar-refractivity contribution in [2.24, 2.45) is 5.92 Å². The zero-order valence-corrected chi connectivity index (χ0v) is 18.6. The largest absolute Gasteiger partial charge is 0.356 e. The van der Waals surface area contributed by atoms with E-state index in [4.69, 9.17) is 0 Å². The molecule has 3 aliphatic rings. The summed E-state index contributed by atoms with van der Waals surface area (Å²) in [5.74, 6) is 0.0731. The molecule has 31 heavy (non-hydrogen) atoms. The Labute approximate surface area is 186 Å². The van der Waals surface area contributed by atoms with Crippen LogP contribution in [0.25, 0.3) is 0 Å². The van der Waals surface area contributed by atoms with Crippen LogP contribution >= 0.6 is 0 Å². The van der Waals surface area contributed by atoms with Crippen molar-refractivity contribution in [3.8, 4) is 0 Å². The fourth-order valence-electron chi connectivity index (χ4n) is 5.35. The first-order chi connectivity index (χ1) is 15.2. The van der Waals surface area contributed by atoms with Gasteiger partial charge in [-0.1, -0.05) is 31.7 Å². The van der Waals surface area contributed by atoms with E-state index in [-0.39, 0.29) is 23.9 Å². The van der Waals surface area contributed by atoms with E-state index in [1.165, 1.54) is 19.3 Å². The van der Waals surface area contributed by atoms with Gasteiger partial charge in [0.2, 0.25) is 5.91 Å². The van der Waals surface area contributed by atoms with E-state index in [1.54, 1.807) is 6.20 Å². The quantitative estimate of drug-likeness (QED) is 0.778. The molecule has 0 spiro atoms. The Kier molecular flexibility index (Phi) is 7.78. The van der Waals surface area contributed by atoms with Gasteiger partial charge in [0.1, 0.15) is 0 Å². The molecule has 3 fully saturated rings. The molecule has 1 aromatic heterocycles. The Bertz CT molecular complexity index is 722. The van der Waals surface area contributed by atoms with Gasteiger partial charge in [-0.25, -0.2) is 4.79 Å². The second-order valence-electron chi connectivity index (χ2n) is 9.38. The SMILES string of the molecule is O=C1NCCCCCN(Cc2cccnc2)[C@@H]2CN(C(=O)NC3CCCCC3)CC[C@@H]12. The van der Waals surface area contributed by atoms with E-state index in [0.29, 0.717) is 19.1 Å². The summed E-state index contributed by atoms with van der Waals surface area (Å²) in [6.07, 6.45) is 13.5. The van der Waals surface area contributed by atoms with E-state index < -0.39 is 0 Å². The first-order valence-electron chi connectivity index (χ1n) is 12.2. The molecular formula is C24H37N5O2. The summed E-state index contributed by atoms with van der Waals surface area (Å²) < 4.78 is 0. The van der Waals surface area contributed by atoms with Crippen LogP contribution in [0.4, 0.5) is 4.79 Å². The normalized spacial score (nSPS) is 26.6. The third-order valence-electron chi connectivity index (χ3n) is 7.14. The maximum absolute atomic E-state index is 13.0. The molecule has 2 aliphatic heterocycles. The molecule has 170 valence electrons. The number of hydrogen-bond donors (Lipinski definition) is 2. The Balaban J connectivity index is 1.49. The summed E-state index contributed by atoms with van der Waals surface area (Å²) in [5, 5.41) is 6.42. The molecular weight excluding hydrogens is 390 g/mol. The lowest BCUT2D eigenvalue weighted by molar-refractivity contribution is -0.129. The molecule has 2 N–H and O–H groups in total. The van der Waals surface area contributed by atoms with Crippen LogP contribution in [0.15, 0.2) is 24.5 Å². The number of likely N-dealkylation sites (tertiary alicyclic amines) is 1. The number of aromatic nitrogens is 1. The smallest absolute Gasteiger partial charge is 0.317 e. The molecule has 0 aromatic carbocycles. The Morgan fingerprint density at radius 1 is 1.10 bits per heavy atom. The summed E-state index contributed by atoms with van der Waals surface area (Å²) in [6, 6.07) is 4.44. The molecule has 0 radical (unpaired) electrons. The van der Waals surface area contributed by atoms with Crippen LogP contribution < -0.4 is 10.6 Å². The number of piperidine rings is 1. The van der Waals surface area contributed by atoms with Crippen molar-refractivity contribution in [2.75, 3.05) is 26.2 Å². The van der Waals surface area contributed by atoms with Gasteiger partial charge >= 0.3 is 6.03 Å². The van der Waals surface area contributed by atoms with Gasteiger partial charge in [0.25, 0.3) is 0 Å². The molecule has 7 heteroatoms. The van der Waals surface area contributed by atoms with Gasteiger partial charge in [0.15, 0.2) is 0 Å². The van der Waals surface area contributed by atoms with Crippen molar-refractivity contribution in [3.63, 3.8) is 0 Å². The second kappa shape index (κ2) is 10.9. The number of carbonyl (C=O) groups excluding carboxylic acids is 2. The predicted molar refractivity (Wildman–Crippen MR) is 120 cm³/mol. The molecule has 2 saturated heterocycles. The van der Waals surface area contributed by atoms with Crippen molar-refractivity contribution in [1.82, 2.24) is 25.4 Å². The zero-order valence-electron chi connectivity index (χ0n) is 18.6. The standard InChI is InChI=1S/C24H37N5O2/c30-23-21-11-15-29(24(31)27-20-9-3-1-4-10-20)18-22(21)28(14-6-2-5-13-26-23)17-19-8-7-12-25-16-19/h7-8,12,16,20-22H,1-6,9-11,13-15,17-18H2,(H,26,30)(H,27,31)/t21-,22-/m1/s1. The van der Waals surface area contributed by atoms with E-state index in [2.05, 4.69) is 26.6 Å². The molecule has 1 aliphatic carbocycles. The van der Waals surface area contributed by atoms with Crippen LogP contribution in [0, 0.1) is 5.92 Å². The van der Waals surface area contributed by atoms with Gasteiger partial charge in [-0.05, 0) is 50.3 Å². The minimum absolute atomic E-state index is 0.0316. The van der Waals surface area contributed by atoms with E-state index in [9.17, 15) is 9.59 Å². The highest BCUT2D eigenvalue weighted by Crippen LogP contribution is 2.26. The molecule has 1 saturated carbocycles. The molecule has 3 heterocycles. The monoisotopic (exact) mass is 427 g/mol. The number of rotatable bonds is 3. The van der Waals surface area contributed by atoms with Crippen LogP contribution in [0.2, 0.25) is 0 Å². The van der Waals surface area contributed by atoms with E-state index in [0.717, 1.165) is 63.7 Å². The molecule has 2 atom stereocenters. The molecule has 3 amide bonds. The summed E-state index contributed by atoms with van der Waals surface area (Å²) in [4.78, 5) is 34.7. The minimum atomic E-state index is -0.0755. The van der Waals surface area contributed by atoms with Gasteiger partial charge in [0, 0.05) is 50.7 Å². The predicted octanol–water partition coefficient (Wildman–Crippen LogP) is 2.92. The van der Waals surface area contributed by atoms with Crippen molar-refractivity contribution in [2.45, 2.75) is 76.4 Å². The van der Waals surface area contributed by atoms with Gasteiger partial charge in [-0.2, -0.15) is 0 Å². The molecule has 0 bridgehead atoms. The zero-order chi connectivity index (χ0) is 21.5. The van der Waals surface area contributed by atoms with Crippen LogP contribution in [-0.4, -0.2) is 65.0 Å². The Morgan fingerprint density at radius 2 is 1.94 bits per heavy atom. The first-order valence-corrected chi connectivity index (χ1v) is 12.2. The summed E-state index contributed by atoms with van der Waals surface area (Å²) in [6.45, 7) is 3.73. The number of pyridine rings is 1. The second-order valence-corrected chi connectivity index (χ2v) is 9.38. The Hall–Kier alpha value is -2.15. The summed E-state index contributed by atoms with van der Waals surface area (Å²) >= 11 is 0. The van der Waals surface area contributed by atoms with Gasteiger partial charge < -0.3 is 15.5 Å². The van der Waals surface area contributed by atoms with E-state index in [1.807, 2.05) is 17.2 Å². The summed E-state index contributed by atoms with van der Waals surface area (Å²) in [7, 11) is 0. The molecule has 0 unspecified atom stereocenters. The van der Waals surface area contributed by atoms with Crippen LogP contribution in [-0.2, 0) is 11.3 Å². The number of nitrogens with zero attached hydrogens (tertiary/aromatic N) is 3.